The summed E-state index contributed by atoms with van der Waals surface area (Å²) in [6.45, 7) is 2.99. The molecule has 0 radical (unpaired) electrons. The van der Waals surface area contributed by atoms with E-state index in [-0.39, 0.29) is 6.61 Å². The van der Waals surface area contributed by atoms with Crippen molar-refractivity contribution < 1.29 is 9.52 Å². The van der Waals surface area contributed by atoms with E-state index in [1.807, 2.05) is 12.1 Å². The zero-order chi connectivity index (χ0) is 12.8. The van der Waals surface area contributed by atoms with Crippen LogP contribution < -0.4 is 5.32 Å². The van der Waals surface area contributed by atoms with Gasteiger partial charge in [-0.2, -0.15) is 11.8 Å². The Hall–Kier alpha value is -0.450. The Labute approximate surface area is 113 Å². The highest BCUT2D eigenvalue weighted by atomic mass is 32.2. The first-order chi connectivity index (χ1) is 8.83. The van der Waals surface area contributed by atoms with E-state index in [0.717, 1.165) is 17.6 Å². The molecule has 1 heterocycles. The molecule has 2 N–H and O–H groups in total. The van der Waals surface area contributed by atoms with Gasteiger partial charge in [-0.15, -0.1) is 0 Å². The van der Waals surface area contributed by atoms with Gasteiger partial charge in [0.2, 0.25) is 0 Å². The van der Waals surface area contributed by atoms with Crippen molar-refractivity contribution in [3.8, 4) is 0 Å². The van der Waals surface area contributed by atoms with Gasteiger partial charge in [0.25, 0.3) is 0 Å². The van der Waals surface area contributed by atoms with Crippen molar-refractivity contribution in [2.75, 3.05) is 5.75 Å². The van der Waals surface area contributed by atoms with Gasteiger partial charge in [-0.25, -0.2) is 0 Å². The minimum absolute atomic E-state index is 0.0161. The van der Waals surface area contributed by atoms with Crippen molar-refractivity contribution in [3.63, 3.8) is 0 Å². The highest BCUT2D eigenvalue weighted by Crippen LogP contribution is 2.28. The van der Waals surface area contributed by atoms with Crippen LogP contribution in [0, 0.1) is 0 Å². The molecule has 1 aromatic rings. The molecule has 0 amide bonds. The van der Waals surface area contributed by atoms with Gasteiger partial charge in [0.1, 0.15) is 18.1 Å². The first kappa shape index (κ1) is 14.0. The lowest BCUT2D eigenvalue weighted by atomic mass is 9.95. The fourth-order valence-electron chi connectivity index (χ4n) is 2.58. The van der Waals surface area contributed by atoms with Crippen LogP contribution in [0.4, 0.5) is 0 Å². The standard InChI is InChI=1S/C14H23NO2S/c1-2-18-14-6-4-3-5-13(14)15-9-11-7-8-12(10-16)17-11/h7-8,13-16H,2-6,9-10H2,1H3. The minimum Gasteiger partial charge on any atom is -0.462 e. The molecule has 102 valence electrons. The molecule has 1 aliphatic carbocycles. The van der Waals surface area contributed by atoms with Crippen LogP contribution in [-0.4, -0.2) is 22.2 Å². The predicted molar refractivity (Wildman–Crippen MR) is 75.6 cm³/mol. The largest absolute Gasteiger partial charge is 0.462 e. The third kappa shape index (κ3) is 3.77. The second-order valence-corrected chi connectivity index (χ2v) is 6.31. The molecule has 0 spiro atoms. The lowest BCUT2D eigenvalue weighted by Crippen LogP contribution is -2.40. The third-order valence-electron chi connectivity index (χ3n) is 3.49. The molecule has 1 aromatic heterocycles. The average Bonchev–Trinajstić information content (AvgIpc) is 2.86. The second kappa shape index (κ2) is 7.22. The second-order valence-electron chi connectivity index (χ2n) is 4.79. The predicted octanol–water partition coefficient (Wildman–Crippen LogP) is 2.93. The minimum atomic E-state index is -0.0161. The van der Waals surface area contributed by atoms with Crippen LogP contribution in [0.1, 0.15) is 44.1 Å². The van der Waals surface area contributed by atoms with E-state index in [4.69, 9.17) is 9.52 Å². The van der Waals surface area contributed by atoms with E-state index in [1.54, 1.807) is 0 Å². The van der Waals surface area contributed by atoms with Crippen molar-refractivity contribution in [2.24, 2.45) is 0 Å². The molecule has 0 saturated heterocycles. The molecule has 18 heavy (non-hydrogen) atoms. The van der Waals surface area contributed by atoms with Crippen LogP contribution >= 0.6 is 11.8 Å². The Morgan fingerprint density at radius 3 is 2.83 bits per heavy atom. The number of aliphatic hydroxyl groups is 1. The molecule has 0 bridgehead atoms. The lowest BCUT2D eigenvalue weighted by molar-refractivity contribution is 0.241. The van der Waals surface area contributed by atoms with E-state index in [1.165, 1.54) is 31.4 Å². The van der Waals surface area contributed by atoms with Gasteiger partial charge in [-0.1, -0.05) is 19.8 Å². The molecule has 4 heteroatoms. The van der Waals surface area contributed by atoms with Crippen LogP contribution in [0.5, 0.6) is 0 Å². The summed E-state index contributed by atoms with van der Waals surface area (Å²) < 4.78 is 5.50. The summed E-state index contributed by atoms with van der Waals surface area (Å²) in [5.41, 5.74) is 0. The van der Waals surface area contributed by atoms with Crippen molar-refractivity contribution in [1.29, 1.82) is 0 Å². The van der Waals surface area contributed by atoms with Crippen molar-refractivity contribution >= 4 is 11.8 Å². The highest BCUT2D eigenvalue weighted by molar-refractivity contribution is 7.99. The lowest BCUT2D eigenvalue weighted by Gasteiger charge is -2.31. The molecule has 1 fully saturated rings. The van der Waals surface area contributed by atoms with Crippen LogP contribution in [-0.2, 0) is 13.2 Å². The SMILES string of the molecule is CCSC1CCCCC1NCc1ccc(CO)o1. The van der Waals surface area contributed by atoms with Crippen LogP contribution in [0.3, 0.4) is 0 Å². The maximum absolute atomic E-state index is 8.96. The normalized spacial score (nSPS) is 24.3. The van der Waals surface area contributed by atoms with Gasteiger partial charge in [-0.3, -0.25) is 0 Å². The first-order valence-corrected chi connectivity index (χ1v) is 7.91. The Balaban J connectivity index is 1.83. The summed E-state index contributed by atoms with van der Waals surface area (Å²) in [5.74, 6) is 2.76. The molecule has 0 aromatic carbocycles. The van der Waals surface area contributed by atoms with Crippen molar-refractivity contribution in [1.82, 2.24) is 5.32 Å². The molecule has 2 unspecified atom stereocenters. The fraction of sp³-hybridized carbons (Fsp3) is 0.714. The summed E-state index contributed by atoms with van der Waals surface area (Å²) in [7, 11) is 0. The van der Waals surface area contributed by atoms with Crippen molar-refractivity contribution in [3.05, 3.63) is 23.7 Å². The summed E-state index contributed by atoms with van der Waals surface area (Å²) in [5, 5.41) is 13.3. The summed E-state index contributed by atoms with van der Waals surface area (Å²) >= 11 is 2.07. The topological polar surface area (TPSA) is 45.4 Å². The summed E-state index contributed by atoms with van der Waals surface area (Å²) in [4.78, 5) is 0. The fourth-order valence-corrected chi connectivity index (χ4v) is 3.80. The summed E-state index contributed by atoms with van der Waals surface area (Å²) in [6.07, 6.45) is 5.30. The molecule has 1 saturated carbocycles. The van der Waals surface area contributed by atoms with Gasteiger partial charge >= 0.3 is 0 Å². The molecule has 2 rings (SSSR count). The third-order valence-corrected chi connectivity index (χ3v) is 4.82. The molecular weight excluding hydrogens is 246 g/mol. The van der Waals surface area contributed by atoms with E-state index < -0.39 is 0 Å². The maximum Gasteiger partial charge on any atom is 0.129 e. The number of rotatable bonds is 6. The number of hydrogen-bond acceptors (Lipinski definition) is 4. The number of aliphatic hydroxyl groups excluding tert-OH is 1. The number of thioether (sulfide) groups is 1. The van der Waals surface area contributed by atoms with E-state index in [9.17, 15) is 0 Å². The van der Waals surface area contributed by atoms with E-state index in [0.29, 0.717) is 11.8 Å². The molecule has 2 atom stereocenters. The number of hydrogen-bond donors (Lipinski definition) is 2. The number of furan rings is 1. The molecule has 1 aliphatic rings. The Morgan fingerprint density at radius 1 is 1.33 bits per heavy atom. The maximum atomic E-state index is 8.96. The molecular formula is C14H23NO2S. The summed E-state index contributed by atoms with van der Waals surface area (Å²) in [6, 6.07) is 4.39. The van der Waals surface area contributed by atoms with Crippen LogP contribution in [0.25, 0.3) is 0 Å². The Bertz CT molecular complexity index is 351. The highest BCUT2D eigenvalue weighted by Gasteiger charge is 2.24. The van der Waals surface area contributed by atoms with E-state index in [2.05, 4.69) is 24.0 Å². The quantitative estimate of drug-likeness (QED) is 0.833. The van der Waals surface area contributed by atoms with Gasteiger partial charge in [0.15, 0.2) is 0 Å². The molecule has 0 aliphatic heterocycles. The number of nitrogens with one attached hydrogen (secondary N) is 1. The molecule has 3 nitrogen and oxygen atoms in total. The van der Waals surface area contributed by atoms with E-state index >= 15 is 0 Å². The Kier molecular flexibility index (Phi) is 5.60. The smallest absolute Gasteiger partial charge is 0.129 e. The average molecular weight is 269 g/mol. The van der Waals surface area contributed by atoms with Gasteiger partial charge in [0.05, 0.1) is 6.54 Å². The first-order valence-electron chi connectivity index (χ1n) is 6.87. The monoisotopic (exact) mass is 269 g/mol. The Morgan fingerprint density at radius 2 is 2.11 bits per heavy atom. The zero-order valence-corrected chi connectivity index (χ0v) is 11.8. The van der Waals surface area contributed by atoms with Gasteiger partial charge in [-0.05, 0) is 30.7 Å². The van der Waals surface area contributed by atoms with Crippen LogP contribution in [0.15, 0.2) is 16.5 Å². The van der Waals surface area contributed by atoms with Crippen molar-refractivity contribution in [2.45, 2.75) is 57.1 Å². The van der Waals surface area contributed by atoms with Gasteiger partial charge < -0.3 is 14.8 Å². The van der Waals surface area contributed by atoms with Crippen LogP contribution in [0.2, 0.25) is 0 Å². The van der Waals surface area contributed by atoms with Gasteiger partial charge in [0, 0.05) is 11.3 Å². The zero-order valence-electron chi connectivity index (χ0n) is 11.0.